The minimum Gasteiger partial charge on any atom is -0.427 e. The Balaban J connectivity index is 2.15. The number of esters is 4. The Labute approximate surface area is 196 Å². The molecule has 3 aromatic carbocycles. The third-order valence-electron chi connectivity index (χ3n) is 4.42. The van der Waals surface area contributed by atoms with Gasteiger partial charge in [-0.05, 0) is 53.6 Å². The number of carbonyl (C=O) groups excluding carboxylic acids is 4. The molecular weight excluding hydrogens is 440 g/mol. The molecule has 0 aliphatic carbocycles. The molecule has 0 spiro atoms. The van der Waals surface area contributed by atoms with Crippen molar-refractivity contribution < 1.29 is 38.1 Å². The largest absolute Gasteiger partial charge is 0.427 e. The van der Waals surface area contributed by atoms with Gasteiger partial charge >= 0.3 is 23.9 Å². The lowest BCUT2D eigenvalue weighted by Crippen LogP contribution is -2.05. The Hall–Kier alpha value is -4.46. The van der Waals surface area contributed by atoms with Gasteiger partial charge in [-0.1, -0.05) is 18.2 Å². The first-order chi connectivity index (χ1) is 16.1. The Kier molecular flexibility index (Phi) is 7.43. The van der Waals surface area contributed by atoms with Gasteiger partial charge in [0.2, 0.25) is 0 Å². The summed E-state index contributed by atoms with van der Waals surface area (Å²) in [5, 5.41) is 0. The molecule has 0 bridgehead atoms. The SMILES string of the molecule is CC(=O)Oc1ccc(OC(C)=O)c(-c2cccc(-c3cc(OC(C)=O)ccc3OC(C)=O)c2)c1. The van der Waals surface area contributed by atoms with Crippen molar-refractivity contribution in [3.05, 3.63) is 60.7 Å². The lowest BCUT2D eigenvalue weighted by atomic mass is 9.97. The maximum atomic E-state index is 11.6. The smallest absolute Gasteiger partial charge is 0.308 e. The molecule has 0 saturated carbocycles. The Morgan fingerprint density at radius 1 is 0.500 bits per heavy atom. The van der Waals surface area contributed by atoms with E-state index in [0.29, 0.717) is 22.3 Å². The monoisotopic (exact) mass is 462 g/mol. The van der Waals surface area contributed by atoms with Crippen LogP contribution in [0.15, 0.2) is 60.7 Å². The van der Waals surface area contributed by atoms with Crippen molar-refractivity contribution in [3.8, 4) is 45.3 Å². The summed E-state index contributed by atoms with van der Waals surface area (Å²) in [7, 11) is 0. The van der Waals surface area contributed by atoms with Crippen LogP contribution in [0.3, 0.4) is 0 Å². The Morgan fingerprint density at radius 3 is 1.24 bits per heavy atom. The molecule has 3 aromatic rings. The molecule has 3 rings (SSSR count). The fraction of sp³-hybridized carbons (Fsp3) is 0.154. The van der Waals surface area contributed by atoms with Crippen LogP contribution in [0.1, 0.15) is 27.7 Å². The second-order valence-corrected chi connectivity index (χ2v) is 7.27. The van der Waals surface area contributed by atoms with Crippen molar-refractivity contribution in [1.82, 2.24) is 0 Å². The van der Waals surface area contributed by atoms with Crippen LogP contribution in [-0.2, 0) is 19.2 Å². The second kappa shape index (κ2) is 10.4. The zero-order valence-electron chi connectivity index (χ0n) is 19.0. The normalized spacial score (nSPS) is 10.2. The fourth-order valence-electron chi connectivity index (χ4n) is 3.27. The van der Waals surface area contributed by atoms with Gasteiger partial charge in [-0.25, -0.2) is 0 Å². The topological polar surface area (TPSA) is 105 Å². The number of carbonyl (C=O) groups is 4. The molecule has 0 atom stereocenters. The Morgan fingerprint density at radius 2 is 0.882 bits per heavy atom. The highest BCUT2D eigenvalue weighted by Crippen LogP contribution is 2.39. The summed E-state index contributed by atoms with van der Waals surface area (Å²) in [5.74, 6) is -0.902. The van der Waals surface area contributed by atoms with Crippen LogP contribution >= 0.6 is 0 Å². The van der Waals surface area contributed by atoms with Crippen LogP contribution in [0.4, 0.5) is 0 Å². The van der Waals surface area contributed by atoms with Crippen LogP contribution in [0.5, 0.6) is 23.0 Å². The first-order valence-electron chi connectivity index (χ1n) is 10.2. The number of benzene rings is 3. The van der Waals surface area contributed by atoms with E-state index in [2.05, 4.69) is 0 Å². The van der Waals surface area contributed by atoms with E-state index in [1.54, 1.807) is 36.4 Å². The van der Waals surface area contributed by atoms with Gasteiger partial charge in [-0.2, -0.15) is 0 Å². The molecular formula is C26H22O8. The predicted molar refractivity (Wildman–Crippen MR) is 123 cm³/mol. The van der Waals surface area contributed by atoms with Gasteiger partial charge in [-0.3, -0.25) is 19.2 Å². The lowest BCUT2D eigenvalue weighted by Gasteiger charge is -2.14. The summed E-state index contributed by atoms with van der Waals surface area (Å²) in [6, 6.07) is 16.4. The summed E-state index contributed by atoms with van der Waals surface area (Å²) in [4.78, 5) is 46.1. The second-order valence-electron chi connectivity index (χ2n) is 7.27. The minimum atomic E-state index is -0.510. The summed E-state index contributed by atoms with van der Waals surface area (Å²) >= 11 is 0. The number of hydrogen-bond acceptors (Lipinski definition) is 8. The number of hydrogen-bond donors (Lipinski definition) is 0. The van der Waals surface area contributed by atoms with Gasteiger partial charge in [-0.15, -0.1) is 0 Å². The zero-order valence-corrected chi connectivity index (χ0v) is 19.0. The summed E-state index contributed by atoms with van der Waals surface area (Å²) < 4.78 is 21.0. The molecule has 0 unspecified atom stereocenters. The number of ether oxygens (including phenoxy) is 4. The molecule has 8 nitrogen and oxygen atoms in total. The standard InChI is InChI=1S/C26H22O8/c1-15(27)31-21-8-10-25(33-17(3)29)23(13-21)19-6-5-7-20(12-19)24-14-22(32-16(2)28)9-11-26(24)34-18(4)30/h5-14H,1-4H3. The highest BCUT2D eigenvalue weighted by Gasteiger charge is 2.15. The lowest BCUT2D eigenvalue weighted by molar-refractivity contribution is -0.133. The zero-order chi connectivity index (χ0) is 24.8. The molecule has 0 heterocycles. The van der Waals surface area contributed by atoms with E-state index in [-0.39, 0.29) is 23.0 Å². The summed E-state index contributed by atoms with van der Waals surface area (Å²) in [5.41, 5.74) is 2.27. The summed E-state index contributed by atoms with van der Waals surface area (Å²) in [6.07, 6.45) is 0. The molecule has 0 aromatic heterocycles. The molecule has 0 aliphatic rings. The maximum Gasteiger partial charge on any atom is 0.308 e. The van der Waals surface area contributed by atoms with Crippen LogP contribution in [-0.4, -0.2) is 23.9 Å². The predicted octanol–water partition coefficient (Wildman–Crippen LogP) is 4.72. The van der Waals surface area contributed by atoms with Crippen LogP contribution in [0.2, 0.25) is 0 Å². The van der Waals surface area contributed by atoms with Gasteiger partial charge in [0.25, 0.3) is 0 Å². The van der Waals surface area contributed by atoms with Crippen molar-refractivity contribution in [2.24, 2.45) is 0 Å². The van der Waals surface area contributed by atoms with E-state index in [0.717, 1.165) is 0 Å². The first kappa shape index (κ1) is 24.2. The highest BCUT2D eigenvalue weighted by atomic mass is 16.5. The van der Waals surface area contributed by atoms with Gasteiger partial charge in [0.15, 0.2) is 0 Å². The molecule has 8 heteroatoms. The average molecular weight is 462 g/mol. The molecule has 0 amide bonds. The Bertz CT molecular complexity index is 1180. The van der Waals surface area contributed by atoms with E-state index in [1.807, 2.05) is 0 Å². The molecule has 34 heavy (non-hydrogen) atoms. The fourth-order valence-corrected chi connectivity index (χ4v) is 3.27. The van der Waals surface area contributed by atoms with Crippen molar-refractivity contribution in [1.29, 1.82) is 0 Å². The molecule has 0 saturated heterocycles. The van der Waals surface area contributed by atoms with E-state index < -0.39 is 23.9 Å². The van der Waals surface area contributed by atoms with Gasteiger partial charge in [0.05, 0.1) is 0 Å². The molecule has 0 fully saturated rings. The van der Waals surface area contributed by atoms with Crippen molar-refractivity contribution in [3.63, 3.8) is 0 Å². The van der Waals surface area contributed by atoms with Crippen molar-refractivity contribution >= 4 is 23.9 Å². The highest BCUT2D eigenvalue weighted by molar-refractivity contribution is 5.84. The molecule has 0 radical (unpaired) electrons. The van der Waals surface area contributed by atoms with Crippen LogP contribution in [0.25, 0.3) is 22.3 Å². The van der Waals surface area contributed by atoms with Gasteiger partial charge in [0.1, 0.15) is 23.0 Å². The quantitative estimate of drug-likeness (QED) is 0.383. The summed E-state index contributed by atoms with van der Waals surface area (Å²) in [6.45, 7) is 5.14. The van der Waals surface area contributed by atoms with Crippen LogP contribution in [0, 0.1) is 0 Å². The van der Waals surface area contributed by atoms with E-state index in [9.17, 15) is 19.2 Å². The minimum absolute atomic E-state index is 0.273. The third-order valence-corrected chi connectivity index (χ3v) is 4.42. The van der Waals surface area contributed by atoms with Gasteiger partial charge in [0, 0.05) is 38.8 Å². The van der Waals surface area contributed by atoms with E-state index >= 15 is 0 Å². The molecule has 0 aliphatic heterocycles. The molecule has 0 N–H and O–H groups in total. The maximum absolute atomic E-state index is 11.6. The van der Waals surface area contributed by atoms with E-state index in [4.69, 9.17) is 18.9 Å². The van der Waals surface area contributed by atoms with Crippen molar-refractivity contribution in [2.75, 3.05) is 0 Å². The first-order valence-corrected chi connectivity index (χ1v) is 10.2. The number of rotatable bonds is 6. The third kappa shape index (κ3) is 6.29. The van der Waals surface area contributed by atoms with Crippen molar-refractivity contribution in [2.45, 2.75) is 27.7 Å². The van der Waals surface area contributed by atoms with Crippen LogP contribution < -0.4 is 18.9 Å². The molecule has 174 valence electrons. The average Bonchev–Trinajstić information content (AvgIpc) is 2.74. The van der Waals surface area contributed by atoms with E-state index in [1.165, 1.54) is 52.0 Å². The van der Waals surface area contributed by atoms with Gasteiger partial charge < -0.3 is 18.9 Å².